The summed E-state index contributed by atoms with van der Waals surface area (Å²) < 4.78 is 5.12. The first kappa shape index (κ1) is 13.0. The molecule has 0 unspecified atom stereocenters. The number of aryl methyl sites for hydroxylation is 1. The number of benzene rings is 1. The van der Waals surface area contributed by atoms with Crippen LogP contribution in [-0.4, -0.2) is 24.7 Å². The van der Waals surface area contributed by atoms with E-state index in [4.69, 9.17) is 21.4 Å². The van der Waals surface area contributed by atoms with Gasteiger partial charge >= 0.3 is 5.97 Å². The van der Waals surface area contributed by atoms with Crippen LogP contribution in [0.2, 0.25) is 5.02 Å². The van der Waals surface area contributed by atoms with E-state index in [1.807, 2.05) is 13.0 Å². The summed E-state index contributed by atoms with van der Waals surface area (Å²) >= 11 is 6.05. The van der Waals surface area contributed by atoms with Crippen molar-refractivity contribution in [1.29, 1.82) is 0 Å². The summed E-state index contributed by atoms with van der Waals surface area (Å²) in [7, 11) is 1.57. The molecule has 5 heteroatoms. The number of halogens is 1. The fraction of sp³-hybridized carbons (Fsp3) is 0.462. The molecule has 2 rings (SSSR count). The van der Waals surface area contributed by atoms with Gasteiger partial charge in [-0.2, -0.15) is 0 Å². The van der Waals surface area contributed by atoms with Gasteiger partial charge in [0.15, 0.2) is 0 Å². The van der Waals surface area contributed by atoms with E-state index in [2.05, 4.69) is 5.32 Å². The second kappa shape index (κ2) is 4.69. The summed E-state index contributed by atoms with van der Waals surface area (Å²) in [4.78, 5) is 11.1. The minimum absolute atomic E-state index is 0.436. The number of rotatable bonds is 5. The number of ether oxygens (including phenoxy) is 1. The molecular formula is C13H16ClNO3. The molecule has 1 saturated carbocycles. The van der Waals surface area contributed by atoms with Crippen LogP contribution in [0.5, 0.6) is 5.75 Å². The van der Waals surface area contributed by atoms with Gasteiger partial charge in [0.05, 0.1) is 17.5 Å². The first-order chi connectivity index (χ1) is 8.48. The van der Waals surface area contributed by atoms with E-state index in [9.17, 15) is 4.79 Å². The first-order valence-corrected chi connectivity index (χ1v) is 6.18. The number of nitrogens with one attached hydrogen (secondary N) is 1. The molecule has 18 heavy (non-hydrogen) atoms. The monoisotopic (exact) mass is 269 g/mol. The van der Waals surface area contributed by atoms with Gasteiger partial charge < -0.3 is 15.2 Å². The van der Waals surface area contributed by atoms with Gasteiger partial charge in [0.2, 0.25) is 0 Å². The largest absolute Gasteiger partial charge is 0.495 e. The fourth-order valence-corrected chi connectivity index (χ4v) is 2.12. The standard InChI is InChI=1S/C13H16ClNO3/c1-8-5-11(18-2)9(14)6-10(8)15-7-13(3-4-13)12(16)17/h5-6,15H,3-4,7H2,1-2H3,(H,16,17). The van der Waals surface area contributed by atoms with Gasteiger partial charge in [0.1, 0.15) is 5.75 Å². The number of anilines is 1. The van der Waals surface area contributed by atoms with Crippen LogP contribution in [0.1, 0.15) is 18.4 Å². The molecule has 0 saturated heterocycles. The Morgan fingerprint density at radius 2 is 2.22 bits per heavy atom. The maximum absolute atomic E-state index is 11.1. The molecular weight excluding hydrogens is 254 g/mol. The van der Waals surface area contributed by atoms with E-state index < -0.39 is 11.4 Å². The highest BCUT2D eigenvalue weighted by molar-refractivity contribution is 6.32. The highest BCUT2D eigenvalue weighted by atomic mass is 35.5. The van der Waals surface area contributed by atoms with Gasteiger partial charge in [0, 0.05) is 12.2 Å². The zero-order valence-corrected chi connectivity index (χ0v) is 11.2. The predicted octanol–water partition coefficient (Wildman–Crippen LogP) is 2.93. The molecule has 2 N–H and O–H groups in total. The number of hydrogen-bond donors (Lipinski definition) is 2. The zero-order chi connectivity index (χ0) is 13.3. The molecule has 98 valence electrons. The summed E-state index contributed by atoms with van der Waals surface area (Å²) in [6.45, 7) is 2.37. The average molecular weight is 270 g/mol. The molecule has 4 nitrogen and oxygen atoms in total. The van der Waals surface area contributed by atoms with Crippen LogP contribution in [-0.2, 0) is 4.79 Å². The number of carboxylic acids is 1. The SMILES string of the molecule is COc1cc(C)c(NCC2(C(=O)O)CC2)cc1Cl. The molecule has 0 atom stereocenters. The smallest absolute Gasteiger partial charge is 0.311 e. The third-order valence-corrected chi connectivity index (χ3v) is 3.72. The lowest BCUT2D eigenvalue weighted by atomic mass is 10.1. The Labute approximate surface area is 111 Å². The number of aliphatic carboxylic acids is 1. The molecule has 1 aliphatic rings. The van der Waals surface area contributed by atoms with Crippen molar-refractivity contribution in [3.8, 4) is 5.75 Å². The molecule has 1 aromatic rings. The summed E-state index contributed by atoms with van der Waals surface area (Å²) in [5.41, 5.74) is 1.25. The van der Waals surface area contributed by atoms with E-state index >= 15 is 0 Å². The summed E-state index contributed by atoms with van der Waals surface area (Å²) in [5.74, 6) is -0.105. The lowest BCUT2D eigenvalue weighted by Gasteiger charge is -2.15. The van der Waals surface area contributed by atoms with Gasteiger partial charge in [-0.25, -0.2) is 0 Å². The van der Waals surface area contributed by atoms with Crippen molar-refractivity contribution in [1.82, 2.24) is 0 Å². The Kier molecular flexibility index (Phi) is 3.39. The van der Waals surface area contributed by atoms with Crippen molar-refractivity contribution < 1.29 is 14.6 Å². The predicted molar refractivity (Wildman–Crippen MR) is 70.5 cm³/mol. The van der Waals surface area contributed by atoms with Crippen molar-refractivity contribution in [3.63, 3.8) is 0 Å². The van der Waals surface area contributed by atoms with Crippen LogP contribution < -0.4 is 10.1 Å². The Hall–Kier alpha value is -1.42. The molecule has 0 amide bonds. The molecule has 0 heterocycles. The molecule has 0 bridgehead atoms. The highest BCUT2D eigenvalue weighted by Crippen LogP contribution is 2.46. The highest BCUT2D eigenvalue weighted by Gasteiger charge is 2.50. The Morgan fingerprint density at radius 3 is 2.72 bits per heavy atom. The van der Waals surface area contributed by atoms with Gasteiger partial charge in [0.25, 0.3) is 0 Å². The summed E-state index contributed by atoms with van der Waals surface area (Å²) in [6, 6.07) is 3.61. The Balaban J connectivity index is 2.11. The lowest BCUT2D eigenvalue weighted by molar-refractivity contribution is -0.142. The minimum atomic E-state index is -0.729. The number of methoxy groups -OCH3 is 1. The van der Waals surface area contributed by atoms with Crippen molar-refractivity contribution in [2.24, 2.45) is 5.41 Å². The quantitative estimate of drug-likeness (QED) is 0.863. The van der Waals surface area contributed by atoms with E-state index in [1.165, 1.54) is 0 Å². The summed E-state index contributed by atoms with van der Waals surface area (Å²) in [6.07, 6.45) is 1.47. The summed E-state index contributed by atoms with van der Waals surface area (Å²) in [5, 5.41) is 12.8. The van der Waals surface area contributed by atoms with Gasteiger partial charge in [-0.3, -0.25) is 4.79 Å². The number of carbonyl (C=O) groups is 1. The topological polar surface area (TPSA) is 58.6 Å². The van der Waals surface area contributed by atoms with Gasteiger partial charge in [-0.15, -0.1) is 0 Å². The zero-order valence-electron chi connectivity index (χ0n) is 10.4. The van der Waals surface area contributed by atoms with Gasteiger partial charge in [-0.1, -0.05) is 11.6 Å². The first-order valence-electron chi connectivity index (χ1n) is 5.80. The molecule has 1 aromatic carbocycles. The molecule has 1 aliphatic carbocycles. The number of carboxylic acid groups (broad SMARTS) is 1. The minimum Gasteiger partial charge on any atom is -0.495 e. The normalized spacial score (nSPS) is 16.2. The van der Waals surface area contributed by atoms with E-state index in [0.717, 1.165) is 24.1 Å². The fourth-order valence-electron chi connectivity index (χ4n) is 1.88. The van der Waals surface area contributed by atoms with Crippen LogP contribution in [0.3, 0.4) is 0 Å². The second-order valence-electron chi connectivity index (χ2n) is 4.74. The molecule has 0 spiro atoms. The molecule has 1 fully saturated rings. The number of hydrogen-bond acceptors (Lipinski definition) is 3. The average Bonchev–Trinajstić information content (AvgIpc) is 3.11. The van der Waals surface area contributed by atoms with Crippen molar-refractivity contribution >= 4 is 23.3 Å². The van der Waals surface area contributed by atoms with Crippen molar-refractivity contribution in [2.75, 3.05) is 19.0 Å². The van der Waals surface area contributed by atoms with Crippen LogP contribution in [0, 0.1) is 12.3 Å². The van der Waals surface area contributed by atoms with Crippen molar-refractivity contribution in [3.05, 3.63) is 22.7 Å². The molecule has 0 radical (unpaired) electrons. The maximum Gasteiger partial charge on any atom is 0.311 e. The third-order valence-electron chi connectivity index (χ3n) is 3.42. The van der Waals surface area contributed by atoms with Crippen molar-refractivity contribution in [2.45, 2.75) is 19.8 Å². The van der Waals surface area contributed by atoms with Crippen LogP contribution in [0.4, 0.5) is 5.69 Å². The lowest BCUT2D eigenvalue weighted by Crippen LogP contribution is -2.24. The molecule has 0 aromatic heterocycles. The van der Waals surface area contributed by atoms with Gasteiger partial charge in [-0.05, 0) is 37.5 Å². The second-order valence-corrected chi connectivity index (χ2v) is 5.15. The van der Waals surface area contributed by atoms with Crippen LogP contribution in [0.25, 0.3) is 0 Å². The van der Waals surface area contributed by atoms with E-state index in [-0.39, 0.29) is 0 Å². The van der Waals surface area contributed by atoms with Crippen LogP contribution >= 0.6 is 11.6 Å². The molecule has 0 aliphatic heterocycles. The third kappa shape index (κ3) is 2.38. The maximum atomic E-state index is 11.1. The Bertz CT molecular complexity index is 483. The van der Waals surface area contributed by atoms with E-state index in [1.54, 1.807) is 13.2 Å². The van der Waals surface area contributed by atoms with Crippen LogP contribution in [0.15, 0.2) is 12.1 Å². The Morgan fingerprint density at radius 1 is 1.56 bits per heavy atom. The van der Waals surface area contributed by atoms with E-state index in [0.29, 0.717) is 17.3 Å².